The first-order valence-electron chi connectivity index (χ1n) is 7.10. The molecule has 1 fully saturated rings. The van der Waals surface area contributed by atoms with Crippen LogP contribution >= 0.6 is 0 Å². The Hall–Kier alpha value is -1.62. The van der Waals surface area contributed by atoms with Crippen molar-refractivity contribution in [1.29, 1.82) is 0 Å². The fourth-order valence-corrected chi connectivity index (χ4v) is 2.63. The van der Waals surface area contributed by atoms with E-state index in [0.717, 1.165) is 50.4 Å². The molecule has 1 saturated heterocycles. The quantitative estimate of drug-likeness (QED) is 0.905. The first kappa shape index (κ1) is 12.4. The molecule has 3 heterocycles. The van der Waals surface area contributed by atoms with E-state index in [1.165, 1.54) is 11.5 Å². The van der Waals surface area contributed by atoms with E-state index < -0.39 is 0 Å². The van der Waals surface area contributed by atoms with Crippen LogP contribution in [0.3, 0.4) is 0 Å². The molecule has 0 aliphatic carbocycles. The molecule has 0 atom stereocenters. The summed E-state index contributed by atoms with van der Waals surface area (Å²) >= 11 is 0. The monoisotopic (exact) mass is 259 g/mol. The fourth-order valence-electron chi connectivity index (χ4n) is 2.63. The Morgan fingerprint density at radius 3 is 2.79 bits per heavy atom. The van der Waals surface area contributed by atoms with Crippen LogP contribution in [0, 0.1) is 6.92 Å². The molecule has 1 aliphatic rings. The summed E-state index contributed by atoms with van der Waals surface area (Å²) in [5.41, 5.74) is 3.16. The molecule has 0 aromatic carbocycles. The van der Waals surface area contributed by atoms with Gasteiger partial charge in [0.1, 0.15) is 5.82 Å². The summed E-state index contributed by atoms with van der Waals surface area (Å²) < 4.78 is 1.99. The lowest BCUT2D eigenvalue weighted by atomic mass is 10.2. The van der Waals surface area contributed by atoms with Crippen LogP contribution in [0.5, 0.6) is 0 Å². The van der Waals surface area contributed by atoms with E-state index in [2.05, 4.69) is 34.4 Å². The van der Waals surface area contributed by atoms with Crippen LogP contribution in [0.15, 0.2) is 12.1 Å². The third-order valence-corrected chi connectivity index (χ3v) is 3.53. The highest BCUT2D eigenvalue weighted by Gasteiger charge is 2.16. The van der Waals surface area contributed by atoms with Crippen LogP contribution in [0.2, 0.25) is 0 Å². The van der Waals surface area contributed by atoms with E-state index >= 15 is 0 Å². The van der Waals surface area contributed by atoms with Crippen LogP contribution in [0.25, 0.3) is 5.65 Å². The predicted molar refractivity (Wildman–Crippen MR) is 76.8 cm³/mol. The smallest absolute Gasteiger partial charge is 0.157 e. The molecule has 19 heavy (non-hydrogen) atoms. The van der Waals surface area contributed by atoms with Crippen molar-refractivity contribution in [3.05, 3.63) is 23.5 Å². The van der Waals surface area contributed by atoms with Gasteiger partial charge in [-0.3, -0.25) is 0 Å². The number of rotatable bonds is 3. The summed E-state index contributed by atoms with van der Waals surface area (Å²) in [4.78, 5) is 7.10. The third-order valence-electron chi connectivity index (χ3n) is 3.53. The molecule has 0 saturated carbocycles. The summed E-state index contributed by atoms with van der Waals surface area (Å²) in [6.07, 6.45) is 2.15. The third kappa shape index (κ3) is 2.42. The second-order valence-corrected chi connectivity index (χ2v) is 5.15. The van der Waals surface area contributed by atoms with Gasteiger partial charge in [-0.05, 0) is 13.3 Å². The zero-order valence-corrected chi connectivity index (χ0v) is 11.7. The Morgan fingerprint density at radius 1 is 1.26 bits per heavy atom. The molecule has 0 amide bonds. The zero-order chi connectivity index (χ0) is 13.2. The van der Waals surface area contributed by atoms with E-state index in [9.17, 15) is 0 Å². The minimum atomic E-state index is 0.969. The van der Waals surface area contributed by atoms with E-state index in [1.807, 2.05) is 11.4 Å². The van der Waals surface area contributed by atoms with E-state index in [4.69, 9.17) is 4.98 Å². The Labute approximate surface area is 113 Å². The van der Waals surface area contributed by atoms with Crippen LogP contribution in [0.4, 0.5) is 5.82 Å². The average Bonchev–Trinajstić information content (AvgIpc) is 2.79. The minimum Gasteiger partial charge on any atom is -0.354 e. The largest absolute Gasteiger partial charge is 0.354 e. The molecular weight excluding hydrogens is 238 g/mol. The van der Waals surface area contributed by atoms with Crippen molar-refractivity contribution < 1.29 is 0 Å². The van der Waals surface area contributed by atoms with Crippen molar-refractivity contribution >= 4 is 11.5 Å². The van der Waals surface area contributed by atoms with Gasteiger partial charge in [0.2, 0.25) is 0 Å². The number of hydrogen-bond acceptors (Lipinski definition) is 4. The molecule has 0 unspecified atom stereocenters. The van der Waals surface area contributed by atoms with Gasteiger partial charge < -0.3 is 10.2 Å². The van der Waals surface area contributed by atoms with Crippen LogP contribution < -0.4 is 10.2 Å². The fraction of sp³-hybridized carbons (Fsp3) is 0.571. The highest BCUT2D eigenvalue weighted by molar-refractivity contribution is 5.52. The summed E-state index contributed by atoms with van der Waals surface area (Å²) in [5, 5.41) is 7.97. The molecule has 1 N–H and O–H groups in total. The molecule has 0 bridgehead atoms. The first-order chi connectivity index (χ1) is 9.28. The number of anilines is 1. The summed E-state index contributed by atoms with van der Waals surface area (Å²) in [5.74, 6) is 1.18. The summed E-state index contributed by atoms with van der Waals surface area (Å²) in [6, 6.07) is 4.26. The van der Waals surface area contributed by atoms with Crippen molar-refractivity contribution in [2.45, 2.75) is 26.7 Å². The first-order valence-corrected chi connectivity index (χ1v) is 7.10. The second kappa shape index (κ2) is 5.17. The molecule has 5 nitrogen and oxygen atoms in total. The normalized spacial score (nSPS) is 16.2. The number of piperazine rings is 1. The average molecular weight is 259 g/mol. The van der Waals surface area contributed by atoms with Gasteiger partial charge in [-0.15, -0.1) is 0 Å². The maximum Gasteiger partial charge on any atom is 0.157 e. The molecule has 0 spiro atoms. The molecule has 2 aromatic rings. The van der Waals surface area contributed by atoms with Gasteiger partial charge in [0.15, 0.2) is 5.65 Å². The van der Waals surface area contributed by atoms with Crippen LogP contribution in [0.1, 0.15) is 24.7 Å². The van der Waals surface area contributed by atoms with Gasteiger partial charge in [-0.2, -0.15) is 9.61 Å². The lowest BCUT2D eigenvalue weighted by Gasteiger charge is -2.29. The van der Waals surface area contributed by atoms with Gasteiger partial charge >= 0.3 is 0 Å². The Kier molecular flexibility index (Phi) is 3.38. The SMILES string of the molecule is CCCc1cc(N2CCNCC2)n2nc(C)cc2n1. The van der Waals surface area contributed by atoms with Crippen molar-refractivity contribution in [3.8, 4) is 0 Å². The molecule has 1 aliphatic heterocycles. The lowest BCUT2D eigenvalue weighted by molar-refractivity contribution is 0.579. The van der Waals surface area contributed by atoms with Gasteiger partial charge in [0.05, 0.1) is 5.69 Å². The maximum atomic E-state index is 4.70. The van der Waals surface area contributed by atoms with Crippen LogP contribution in [-0.4, -0.2) is 40.8 Å². The molecule has 0 radical (unpaired) electrons. The van der Waals surface area contributed by atoms with E-state index in [-0.39, 0.29) is 0 Å². The zero-order valence-electron chi connectivity index (χ0n) is 11.7. The molecule has 5 heteroatoms. The second-order valence-electron chi connectivity index (χ2n) is 5.15. The number of aryl methyl sites for hydroxylation is 2. The summed E-state index contributed by atoms with van der Waals surface area (Å²) in [6.45, 7) is 8.35. The summed E-state index contributed by atoms with van der Waals surface area (Å²) in [7, 11) is 0. The maximum absolute atomic E-state index is 4.70. The van der Waals surface area contributed by atoms with Crippen molar-refractivity contribution in [2.24, 2.45) is 0 Å². The Balaban J connectivity index is 2.08. The number of nitrogens with zero attached hydrogens (tertiary/aromatic N) is 4. The van der Waals surface area contributed by atoms with Gasteiger partial charge in [0.25, 0.3) is 0 Å². The standard InChI is InChI=1S/C14H21N5/c1-3-4-12-10-14(18-7-5-15-6-8-18)19-13(16-12)9-11(2)17-19/h9-10,15H,3-8H2,1-2H3. The van der Waals surface area contributed by atoms with E-state index in [1.54, 1.807) is 0 Å². The van der Waals surface area contributed by atoms with Crippen molar-refractivity contribution in [2.75, 3.05) is 31.1 Å². The Morgan fingerprint density at radius 2 is 2.05 bits per heavy atom. The topological polar surface area (TPSA) is 45.5 Å². The lowest BCUT2D eigenvalue weighted by Crippen LogP contribution is -2.44. The molecule has 102 valence electrons. The number of nitrogens with one attached hydrogen (secondary N) is 1. The minimum absolute atomic E-state index is 0.969. The number of hydrogen-bond donors (Lipinski definition) is 1. The number of aromatic nitrogens is 3. The molecule has 2 aromatic heterocycles. The predicted octanol–water partition coefficient (Wildman–Crippen LogP) is 1.40. The van der Waals surface area contributed by atoms with Gasteiger partial charge in [-0.25, -0.2) is 4.98 Å². The highest BCUT2D eigenvalue weighted by atomic mass is 15.4. The molecule has 3 rings (SSSR count). The van der Waals surface area contributed by atoms with Gasteiger partial charge in [-0.1, -0.05) is 13.3 Å². The Bertz CT molecular complexity index is 568. The van der Waals surface area contributed by atoms with Crippen LogP contribution in [-0.2, 0) is 6.42 Å². The van der Waals surface area contributed by atoms with Crippen molar-refractivity contribution in [3.63, 3.8) is 0 Å². The van der Waals surface area contributed by atoms with Gasteiger partial charge in [0, 0.05) is 44.0 Å². The van der Waals surface area contributed by atoms with E-state index in [0.29, 0.717) is 0 Å². The number of fused-ring (bicyclic) bond motifs is 1. The molecular formula is C14H21N5. The highest BCUT2D eigenvalue weighted by Crippen LogP contribution is 2.19. The van der Waals surface area contributed by atoms with Crippen molar-refractivity contribution in [1.82, 2.24) is 19.9 Å².